The summed E-state index contributed by atoms with van der Waals surface area (Å²) in [5, 5.41) is 5.85. The quantitative estimate of drug-likeness (QED) is 0.907. The third-order valence-corrected chi connectivity index (χ3v) is 3.75. The molecule has 0 unspecified atom stereocenters. The van der Waals surface area contributed by atoms with Crippen LogP contribution in [-0.2, 0) is 12.8 Å². The Hall–Kier alpha value is -2.63. The van der Waals surface area contributed by atoms with E-state index in [0.717, 1.165) is 12.8 Å². The number of carbonyl (C=O) groups is 1. The van der Waals surface area contributed by atoms with E-state index in [1.165, 1.54) is 17.5 Å². The van der Waals surface area contributed by atoms with Crippen LogP contribution in [0.4, 0.5) is 16.3 Å². The smallest absolute Gasteiger partial charge is 0.319 e. The maximum atomic E-state index is 12.2. The number of fused-ring (bicyclic) bond motifs is 1. The van der Waals surface area contributed by atoms with E-state index in [2.05, 4.69) is 32.7 Å². The number of anilines is 2. The highest BCUT2D eigenvalue weighted by atomic mass is 16.2. The van der Waals surface area contributed by atoms with Crippen LogP contribution in [0.25, 0.3) is 0 Å². The van der Waals surface area contributed by atoms with Crippen molar-refractivity contribution in [3.63, 3.8) is 0 Å². The van der Waals surface area contributed by atoms with Gasteiger partial charge < -0.3 is 15.5 Å². The summed E-state index contributed by atoms with van der Waals surface area (Å²) in [6.45, 7) is 0. The number of nitrogens with one attached hydrogen (secondary N) is 2. The van der Waals surface area contributed by atoms with Crippen molar-refractivity contribution in [1.82, 2.24) is 15.3 Å². The van der Waals surface area contributed by atoms with Crippen molar-refractivity contribution in [2.24, 2.45) is 0 Å². The molecular formula is C16H19N5O. The van der Waals surface area contributed by atoms with Gasteiger partial charge in [-0.15, -0.1) is 0 Å². The van der Waals surface area contributed by atoms with Gasteiger partial charge >= 0.3 is 6.03 Å². The van der Waals surface area contributed by atoms with Crippen LogP contribution in [0.3, 0.4) is 0 Å². The van der Waals surface area contributed by atoms with Gasteiger partial charge in [0.1, 0.15) is 12.0 Å². The van der Waals surface area contributed by atoms with E-state index in [1.54, 1.807) is 6.20 Å². The van der Waals surface area contributed by atoms with Crippen molar-refractivity contribution in [1.29, 1.82) is 0 Å². The van der Waals surface area contributed by atoms with Gasteiger partial charge in [0, 0.05) is 20.1 Å². The van der Waals surface area contributed by atoms with Gasteiger partial charge in [0.2, 0.25) is 0 Å². The second kappa shape index (κ2) is 6.01. The molecule has 1 heterocycles. The van der Waals surface area contributed by atoms with E-state index >= 15 is 0 Å². The Morgan fingerprint density at radius 3 is 2.55 bits per heavy atom. The zero-order chi connectivity index (χ0) is 15.5. The molecule has 2 N–H and O–H groups in total. The fraction of sp³-hybridized carbons (Fsp3) is 0.312. The van der Waals surface area contributed by atoms with E-state index in [9.17, 15) is 4.79 Å². The predicted molar refractivity (Wildman–Crippen MR) is 86.2 cm³/mol. The zero-order valence-corrected chi connectivity index (χ0v) is 12.7. The molecule has 0 bridgehead atoms. The van der Waals surface area contributed by atoms with Crippen molar-refractivity contribution in [2.45, 2.75) is 18.9 Å². The lowest BCUT2D eigenvalue weighted by molar-refractivity contribution is 0.249. The van der Waals surface area contributed by atoms with Crippen molar-refractivity contribution in [3.8, 4) is 0 Å². The molecule has 0 atom stereocenters. The Morgan fingerprint density at radius 2 is 1.91 bits per heavy atom. The summed E-state index contributed by atoms with van der Waals surface area (Å²) in [6, 6.07) is 8.20. The standard InChI is InChI=1S/C16H19N5O/c1-21(2)15-14(9-17-10-18-15)20-16(22)19-13-7-11-5-3-4-6-12(11)8-13/h3-6,9-10,13H,7-8H2,1-2H3,(H2,19,20,22). The first-order valence-corrected chi connectivity index (χ1v) is 7.25. The first-order valence-electron chi connectivity index (χ1n) is 7.25. The Morgan fingerprint density at radius 1 is 1.23 bits per heavy atom. The molecule has 2 aromatic rings. The molecule has 1 aliphatic carbocycles. The number of hydrogen-bond acceptors (Lipinski definition) is 4. The second-order valence-electron chi connectivity index (χ2n) is 5.63. The number of aromatic nitrogens is 2. The molecule has 3 rings (SSSR count). The molecule has 1 aliphatic rings. The van der Waals surface area contributed by atoms with Crippen LogP contribution in [0.2, 0.25) is 0 Å². The molecule has 0 saturated carbocycles. The second-order valence-corrected chi connectivity index (χ2v) is 5.63. The number of benzene rings is 1. The maximum Gasteiger partial charge on any atom is 0.319 e. The first kappa shape index (κ1) is 14.3. The molecule has 0 radical (unpaired) electrons. The minimum atomic E-state index is -0.226. The summed E-state index contributed by atoms with van der Waals surface area (Å²) in [6.07, 6.45) is 4.81. The highest BCUT2D eigenvalue weighted by molar-refractivity contribution is 5.92. The summed E-state index contributed by atoms with van der Waals surface area (Å²) in [4.78, 5) is 22.2. The van der Waals surface area contributed by atoms with Crippen LogP contribution in [0.5, 0.6) is 0 Å². The molecule has 1 aromatic heterocycles. The Balaban J connectivity index is 1.63. The highest BCUT2D eigenvalue weighted by Gasteiger charge is 2.22. The van der Waals surface area contributed by atoms with Crippen LogP contribution in [0.15, 0.2) is 36.8 Å². The molecule has 0 spiro atoms. The lowest BCUT2D eigenvalue weighted by Gasteiger charge is -2.17. The van der Waals surface area contributed by atoms with Crippen LogP contribution in [0.1, 0.15) is 11.1 Å². The van der Waals surface area contributed by atoms with E-state index < -0.39 is 0 Å². The van der Waals surface area contributed by atoms with Gasteiger partial charge in [-0.05, 0) is 24.0 Å². The summed E-state index contributed by atoms with van der Waals surface area (Å²) in [7, 11) is 3.75. The average molecular weight is 297 g/mol. The van der Waals surface area contributed by atoms with E-state index in [4.69, 9.17) is 0 Å². The Labute approximate surface area is 129 Å². The van der Waals surface area contributed by atoms with Crippen molar-refractivity contribution in [3.05, 3.63) is 47.9 Å². The van der Waals surface area contributed by atoms with Gasteiger partial charge in [-0.25, -0.2) is 14.8 Å². The lowest BCUT2D eigenvalue weighted by atomic mass is 10.1. The molecule has 1 aromatic carbocycles. The van der Waals surface area contributed by atoms with Gasteiger partial charge in [-0.3, -0.25) is 0 Å². The van der Waals surface area contributed by atoms with Gasteiger partial charge in [-0.2, -0.15) is 0 Å². The highest BCUT2D eigenvalue weighted by Crippen LogP contribution is 2.22. The molecule has 6 nitrogen and oxygen atoms in total. The molecule has 0 fully saturated rings. The molecule has 6 heteroatoms. The number of carbonyl (C=O) groups excluding carboxylic acids is 1. The van der Waals surface area contributed by atoms with E-state index in [-0.39, 0.29) is 12.1 Å². The Bertz CT molecular complexity index is 661. The van der Waals surface area contributed by atoms with E-state index in [0.29, 0.717) is 11.5 Å². The van der Waals surface area contributed by atoms with Crippen LogP contribution < -0.4 is 15.5 Å². The number of nitrogens with zero attached hydrogens (tertiary/aromatic N) is 3. The Kier molecular flexibility index (Phi) is 3.91. The van der Waals surface area contributed by atoms with Gasteiger partial charge in [0.05, 0.1) is 6.20 Å². The summed E-state index contributed by atoms with van der Waals surface area (Å²) < 4.78 is 0. The first-order chi connectivity index (χ1) is 10.6. The van der Waals surface area contributed by atoms with Crippen LogP contribution >= 0.6 is 0 Å². The number of hydrogen-bond donors (Lipinski definition) is 2. The molecular weight excluding hydrogens is 278 g/mol. The SMILES string of the molecule is CN(C)c1ncncc1NC(=O)NC1Cc2ccccc2C1. The number of amides is 2. The van der Waals surface area contributed by atoms with Crippen molar-refractivity contribution < 1.29 is 4.79 Å². The summed E-state index contributed by atoms with van der Waals surface area (Å²) >= 11 is 0. The topological polar surface area (TPSA) is 70.2 Å². The summed E-state index contributed by atoms with van der Waals surface area (Å²) in [5.41, 5.74) is 3.22. The van der Waals surface area contributed by atoms with Gasteiger partial charge in [0.15, 0.2) is 5.82 Å². The van der Waals surface area contributed by atoms with Crippen LogP contribution in [0, 0.1) is 0 Å². The van der Waals surface area contributed by atoms with E-state index in [1.807, 2.05) is 31.1 Å². The van der Waals surface area contributed by atoms with Gasteiger partial charge in [0.25, 0.3) is 0 Å². The maximum absolute atomic E-state index is 12.2. The van der Waals surface area contributed by atoms with Crippen LogP contribution in [-0.4, -0.2) is 36.1 Å². The molecule has 0 aliphatic heterocycles. The normalized spacial score (nSPS) is 13.5. The van der Waals surface area contributed by atoms with Crippen molar-refractivity contribution in [2.75, 3.05) is 24.3 Å². The summed E-state index contributed by atoms with van der Waals surface area (Å²) in [5.74, 6) is 0.680. The molecule has 2 amide bonds. The third kappa shape index (κ3) is 3.00. The fourth-order valence-electron chi connectivity index (χ4n) is 2.77. The molecule has 0 saturated heterocycles. The monoisotopic (exact) mass is 297 g/mol. The fourth-order valence-corrected chi connectivity index (χ4v) is 2.77. The van der Waals surface area contributed by atoms with Gasteiger partial charge in [-0.1, -0.05) is 24.3 Å². The number of rotatable bonds is 3. The predicted octanol–water partition coefficient (Wildman–Crippen LogP) is 1.83. The molecule has 114 valence electrons. The molecule has 22 heavy (non-hydrogen) atoms. The minimum Gasteiger partial charge on any atom is -0.361 e. The van der Waals surface area contributed by atoms with Crippen molar-refractivity contribution >= 4 is 17.5 Å². The average Bonchev–Trinajstić information content (AvgIpc) is 2.89. The minimum absolute atomic E-state index is 0.129. The zero-order valence-electron chi connectivity index (χ0n) is 12.7. The number of urea groups is 1. The largest absolute Gasteiger partial charge is 0.361 e. The lowest BCUT2D eigenvalue weighted by Crippen LogP contribution is -2.38. The third-order valence-electron chi connectivity index (χ3n) is 3.75.